The predicted molar refractivity (Wildman–Crippen MR) is 72.0 cm³/mol. The van der Waals surface area contributed by atoms with Gasteiger partial charge in [0.05, 0.1) is 24.0 Å². The summed E-state index contributed by atoms with van der Waals surface area (Å²) in [6.07, 6.45) is 1.81. The van der Waals surface area contributed by atoms with Gasteiger partial charge in [-0.25, -0.2) is 0 Å². The van der Waals surface area contributed by atoms with Crippen LogP contribution in [0.25, 0.3) is 10.9 Å². The number of rotatable bonds is 3. The van der Waals surface area contributed by atoms with E-state index in [0.717, 1.165) is 16.6 Å². The largest absolute Gasteiger partial charge is 0.395 e. The lowest BCUT2D eigenvalue weighted by Crippen LogP contribution is -2.30. The number of aliphatic hydroxyl groups is 1. The van der Waals surface area contributed by atoms with Crippen molar-refractivity contribution in [2.75, 3.05) is 18.5 Å². The topological polar surface area (TPSA) is 62.1 Å². The number of aromatic nitrogens is 2. The highest BCUT2D eigenvalue weighted by atomic mass is 32.1. The zero-order valence-electron chi connectivity index (χ0n) is 9.47. The maximum atomic E-state index is 8.70. The molecule has 0 atom stereocenters. The average Bonchev–Trinajstić information content (AvgIpc) is 2.70. The molecule has 0 radical (unpaired) electrons. The lowest BCUT2D eigenvalue weighted by atomic mass is 10.2. The van der Waals surface area contributed by atoms with Crippen LogP contribution in [-0.4, -0.2) is 33.2 Å². The summed E-state index contributed by atoms with van der Waals surface area (Å²) in [6, 6.07) is 5.88. The van der Waals surface area contributed by atoms with E-state index in [4.69, 9.17) is 17.3 Å². The second-order valence-electron chi connectivity index (χ2n) is 3.62. The van der Waals surface area contributed by atoms with Crippen LogP contribution in [-0.2, 0) is 7.05 Å². The minimum absolute atomic E-state index is 0.0533. The van der Waals surface area contributed by atoms with Gasteiger partial charge >= 0.3 is 0 Å². The average molecular weight is 250 g/mol. The van der Waals surface area contributed by atoms with Crippen molar-refractivity contribution in [1.82, 2.24) is 15.1 Å². The second-order valence-corrected chi connectivity index (χ2v) is 4.02. The molecule has 0 aliphatic heterocycles. The number of benzene rings is 1. The summed E-state index contributed by atoms with van der Waals surface area (Å²) in [6.45, 7) is 0.491. The van der Waals surface area contributed by atoms with Crippen LogP contribution in [0.4, 0.5) is 5.69 Å². The molecule has 0 aliphatic carbocycles. The quantitative estimate of drug-likeness (QED) is 0.705. The molecule has 90 valence electrons. The van der Waals surface area contributed by atoms with Crippen LogP contribution >= 0.6 is 12.2 Å². The highest BCUT2D eigenvalue weighted by molar-refractivity contribution is 7.80. The molecule has 2 aromatic rings. The normalized spacial score (nSPS) is 10.5. The van der Waals surface area contributed by atoms with E-state index in [0.29, 0.717) is 11.7 Å². The lowest BCUT2D eigenvalue weighted by Gasteiger charge is -2.11. The molecule has 0 bridgehead atoms. The van der Waals surface area contributed by atoms with Gasteiger partial charge in [-0.3, -0.25) is 4.68 Å². The van der Waals surface area contributed by atoms with E-state index in [2.05, 4.69) is 15.7 Å². The van der Waals surface area contributed by atoms with Crippen LogP contribution in [0, 0.1) is 0 Å². The number of aliphatic hydroxyl groups excluding tert-OH is 1. The molecule has 6 heteroatoms. The van der Waals surface area contributed by atoms with E-state index in [9.17, 15) is 0 Å². The number of aryl methyl sites for hydroxylation is 1. The van der Waals surface area contributed by atoms with Gasteiger partial charge in [-0.1, -0.05) is 12.1 Å². The Morgan fingerprint density at radius 2 is 2.35 bits per heavy atom. The molecule has 0 unspecified atom stereocenters. The van der Waals surface area contributed by atoms with E-state index in [1.807, 2.05) is 31.4 Å². The molecule has 1 heterocycles. The summed E-state index contributed by atoms with van der Waals surface area (Å²) < 4.78 is 1.80. The van der Waals surface area contributed by atoms with Crippen molar-refractivity contribution in [2.24, 2.45) is 7.05 Å². The number of nitrogens with one attached hydrogen (secondary N) is 2. The summed E-state index contributed by atoms with van der Waals surface area (Å²) in [7, 11) is 1.89. The smallest absolute Gasteiger partial charge is 0.170 e. The van der Waals surface area contributed by atoms with Gasteiger partial charge in [0.1, 0.15) is 0 Å². The van der Waals surface area contributed by atoms with Crippen LogP contribution in [0.2, 0.25) is 0 Å². The number of hydrogen-bond donors (Lipinski definition) is 3. The fourth-order valence-corrected chi connectivity index (χ4v) is 1.88. The van der Waals surface area contributed by atoms with E-state index in [1.165, 1.54) is 0 Å². The van der Waals surface area contributed by atoms with Crippen LogP contribution in [0.15, 0.2) is 24.4 Å². The summed E-state index contributed by atoms with van der Waals surface area (Å²) >= 11 is 5.12. The Labute approximate surface area is 104 Å². The van der Waals surface area contributed by atoms with Crippen molar-refractivity contribution in [3.05, 3.63) is 24.4 Å². The SMILES string of the molecule is Cn1ncc2cccc(NC(=S)NCCO)c21. The van der Waals surface area contributed by atoms with E-state index in [-0.39, 0.29) is 6.61 Å². The van der Waals surface area contributed by atoms with Gasteiger partial charge < -0.3 is 15.7 Å². The third-order valence-corrected chi connectivity index (χ3v) is 2.65. The van der Waals surface area contributed by atoms with Gasteiger partial charge in [0.15, 0.2) is 5.11 Å². The van der Waals surface area contributed by atoms with Crippen molar-refractivity contribution < 1.29 is 5.11 Å². The Morgan fingerprint density at radius 1 is 1.53 bits per heavy atom. The molecule has 17 heavy (non-hydrogen) atoms. The minimum atomic E-state index is 0.0533. The first-order valence-electron chi connectivity index (χ1n) is 5.29. The molecule has 1 aromatic carbocycles. The van der Waals surface area contributed by atoms with Crippen LogP contribution in [0.3, 0.4) is 0 Å². The van der Waals surface area contributed by atoms with Gasteiger partial charge in [0, 0.05) is 19.0 Å². The fraction of sp³-hybridized carbons (Fsp3) is 0.273. The van der Waals surface area contributed by atoms with Crippen LogP contribution < -0.4 is 10.6 Å². The molecule has 0 amide bonds. The van der Waals surface area contributed by atoms with Crippen molar-refractivity contribution in [3.63, 3.8) is 0 Å². The number of thiocarbonyl (C=S) groups is 1. The summed E-state index contributed by atoms with van der Waals surface area (Å²) in [5.74, 6) is 0. The molecule has 5 nitrogen and oxygen atoms in total. The molecule has 0 aliphatic rings. The standard InChI is InChI=1S/C11H14N4OS/c1-15-10-8(7-13-15)3-2-4-9(10)14-11(17)12-5-6-16/h2-4,7,16H,5-6H2,1H3,(H2,12,14,17). The predicted octanol–water partition coefficient (Wildman–Crippen LogP) is 0.852. The molecular weight excluding hydrogens is 236 g/mol. The van der Waals surface area contributed by atoms with Crippen molar-refractivity contribution in [3.8, 4) is 0 Å². The lowest BCUT2D eigenvalue weighted by molar-refractivity contribution is 0.301. The van der Waals surface area contributed by atoms with E-state index >= 15 is 0 Å². The molecule has 3 N–H and O–H groups in total. The Kier molecular flexibility index (Phi) is 3.55. The zero-order valence-corrected chi connectivity index (χ0v) is 10.3. The Bertz CT molecular complexity index is 537. The van der Waals surface area contributed by atoms with Crippen LogP contribution in [0.1, 0.15) is 0 Å². The van der Waals surface area contributed by atoms with Gasteiger partial charge in [-0.15, -0.1) is 0 Å². The Hall–Kier alpha value is -1.66. The molecule has 1 aromatic heterocycles. The highest BCUT2D eigenvalue weighted by Crippen LogP contribution is 2.22. The second kappa shape index (κ2) is 5.11. The number of nitrogens with zero attached hydrogens (tertiary/aromatic N) is 2. The number of hydrogen-bond acceptors (Lipinski definition) is 3. The third-order valence-electron chi connectivity index (χ3n) is 2.41. The molecule has 2 rings (SSSR count). The monoisotopic (exact) mass is 250 g/mol. The number of anilines is 1. The zero-order chi connectivity index (χ0) is 12.3. The summed E-state index contributed by atoms with van der Waals surface area (Å²) in [5, 5.41) is 20.4. The minimum Gasteiger partial charge on any atom is -0.395 e. The van der Waals surface area contributed by atoms with Crippen molar-refractivity contribution >= 4 is 33.9 Å². The number of para-hydroxylation sites is 1. The maximum Gasteiger partial charge on any atom is 0.170 e. The molecule has 0 saturated heterocycles. The third kappa shape index (κ3) is 2.54. The molecular formula is C11H14N4OS. The summed E-state index contributed by atoms with van der Waals surface area (Å²) in [4.78, 5) is 0. The molecule has 0 spiro atoms. The number of fused-ring (bicyclic) bond motifs is 1. The first-order valence-corrected chi connectivity index (χ1v) is 5.69. The molecule has 0 saturated carbocycles. The van der Waals surface area contributed by atoms with E-state index < -0.39 is 0 Å². The van der Waals surface area contributed by atoms with Gasteiger partial charge in [0.2, 0.25) is 0 Å². The fourth-order valence-electron chi connectivity index (χ4n) is 1.67. The van der Waals surface area contributed by atoms with E-state index in [1.54, 1.807) is 4.68 Å². The van der Waals surface area contributed by atoms with Gasteiger partial charge in [-0.2, -0.15) is 5.10 Å². The van der Waals surface area contributed by atoms with Gasteiger partial charge in [-0.05, 0) is 18.3 Å². The van der Waals surface area contributed by atoms with Crippen LogP contribution in [0.5, 0.6) is 0 Å². The van der Waals surface area contributed by atoms with Crippen molar-refractivity contribution in [2.45, 2.75) is 0 Å². The Balaban J connectivity index is 2.23. The summed E-state index contributed by atoms with van der Waals surface area (Å²) in [5.41, 5.74) is 1.90. The Morgan fingerprint density at radius 3 is 3.12 bits per heavy atom. The first kappa shape index (κ1) is 11.8. The first-order chi connectivity index (χ1) is 8.22. The maximum absolute atomic E-state index is 8.70. The van der Waals surface area contributed by atoms with Gasteiger partial charge in [0.25, 0.3) is 0 Å². The molecule has 0 fully saturated rings. The highest BCUT2D eigenvalue weighted by Gasteiger charge is 2.06. The van der Waals surface area contributed by atoms with Crippen molar-refractivity contribution in [1.29, 1.82) is 0 Å².